The smallest absolute Gasteiger partial charge is 0.323 e. The average Bonchev–Trinajstić information content (AvgIpc) is 2.53. The minimum absolute atomic E-state index is 0.0387. The molecule has 9 heteroatoms. The number of nitrogens with zero attached hydrogens (tertiary/aromatic N) is 2. The Morgan fingerprint density at radius 3 is 2.26 bits per heavy atom. The Bertz CT molecular complexity index is 509. The van der Waals surface area contributed by atoms with E-state index in [1.807, 2.05) is 0 Å². The van der Waals surface area contributed by atoms with Gasteiger partial charge in [-0.3, -0.25) is 9.59 Å². The standard InChI is InChI=1S/C14H26N2O6S/c1-4-12(22-3)14(19)16(10-13(17)18)11-6-8-15(9-7-11)23(20,21)5-2/h11-12H,4-10H2,1-3H3,(H,17,18). The van der Waals surface area contributed by atoms with E-state index in [0.717, 1.165) is 0 Å². The van der Waals surface area contributed by atoms with Crippen molar-refractivity contribution >= 4 is 21.9 Å². The highest BCUT2D eigenvalue weighted by Gasteiger charge is 2.34. The number of carboxylic acid groups (broad SMARTS) is 1. The van der Waals surface area contributed by atoms with Crippen molar-refractivity contribution in [3.8, 4) is 0 Å². The van der Waals surface area contributed by atoms with Gasteiger partial charge in [0.1, 0.15) is 12.6 Å². The van der Waals surface area contributed by atoms with E-state index in [4.69, 9.17) is 9.84 Å². The number of hydrogen-bond donors (Lipinski definition) is 1. The minimum Gasteiger partial charge on any atom is -0.480 e. The largest absolute Gasteiger partial charge is 0.480 e. The van der Waals surface area contributed by atoms with Crippen molar-refractivity contribution in [1.29, 1.82) is 0 Å². The summed E-state index contributed by atoms with van der Waals surface area (Å²) in [4.78, 5) is 24.9. The lowest BCUT2D eigenvalue weighted by Crippen LogP contribution is -2.53. The number of sulfonamides is 1. The van der Waals surface area contributed by atoms with E-state index in [9.17, 15) is 18.0 Å². The van der Waals surface area contributed by atoms with Crippen LogP contribution in [-0.4, -0.2) is 79.2 Å². The fourth-order valence-electron chi connectivity index (χ4n) is 2.77. The lowest BCUT2D eigenvalue weighted by Gasteiger charge is -2.38. The van der Waals surface area contributed by atoms with E-state index in [-0.39, 0.29) is 17.7 Å². The quantitative estimate of drug-likeness (QED) is 0.668. The van der Waals surface area contributed by atoms with E-state index < -0.39 is 28.6 Å². The SMILES string of the molecule is CCC(OC)C(=O)N(CC(=O)O)C1CCN(S(=O)(=O)CC)CC1. The monoisotopic (exact) mass is 350 g/mol. The van der Waals surface area contributed by atoms with Gasteiger partial charge in [0.05, 0.1) is 5.75 Å². The highest BCUT2D eigenvalue weighted by atomic mass is 32.2. The molecule has 1 aliphatic heterocycles. The number of methoxy groups -OCH3 is 1. The Balaban J connectivity index is 2.82. The molecule has 1 unspecified atom stereocenters. The van der Waals surface area contributed by atoms with Crippen LogP contribution in [0, 0.1) is 0 Å². The molecule has 23 heavy (non-hydrogen) atoms. The Morgan fingerprint density at radius 1 is 1.30 bits per heavy atom. The van der Waals surface area contributed by atoms with Crippen molar-refractivity contribution in [3.05, 3.63) is 0 Å². The van der Waals surface area contributed by atoms with Crippen LogP contribution in [0.1, 0.15) is 33.1 Å². The van der Waals surface area contributed by atoms with Gasteiger partial charge in [0, 0.05) is 26.2 Å². The summed E-state index contributed by atoms with van der Waals surface area (Å²) in [5, 5.41) is 9.07. The summed E-state index contributed by atoms with van der Waals surface area (Å²) >= 11 is 0. The summed E-state index contributed by atoms with van der Waals surface area (Å²) in [6.07, 6.45) is 0.637. The maximum atomic E-state index is 12.5. The second-order valence-electron chi connectivity index (χ2n) is 5.52. The molecule has 1 N–H and O–H groups in total. The predicted octanol–water partition coefficient (Wildman–Crippen LogP) is 0.139. The number of carbonyl (C=O) groups excluding carboxylic acids is 1. The van der Waals surface area contributed by atoms with Gasteiger partial charge in [0.2, 0.25) is 10.0 Å². The molecule has 1 amide bonds. The third-order valence-corrected chi connectivity index (χ3v) is 6.02. The molecule has 0 aromatic rings. The molecule has 1 heterocycles. The van der Waals surface area contributed by atoms with Crippen LogP contribution in [0.3, 0.4) is 0 Å². The molecule has 1 saturated heterocycles. The highest BCUT2D eigenvalue weighted by Crippen LogP contribution is 2.20. The van der Waals surface area contributed by atoms with Crippen LogP contribution in [0.4, 0.5) is 0 Å². The molecular weight excluding hydrogens is 324 g/mol. The second kappa shape index (κ2) is 8.60. The molecule has 1 atom stereocenters. The summed E-state index contributed by atoms with van der Waals surface area (Å²) in [6, 6.07) is -0.286. The van der Waals surface area contributed by atoms with E-state index in [0.29, 0.717) is 32.4 Å². The Morgan fingerprint density at radius 2 is 1.87 bits per heavy atom. The van der Waals surface area contributed by atoms with E-state index in [1.54, 1.807) is 13.8 Å². The van der Waals surface area contributed by atoms with Crippen LogP contribution in [0.2, 0.25) is 0 Å². The fraction of sp³-hybridized carbons (Fsp3) is 0.857. The lowest BCUT2D eigenvalue weighted by atomic mass is 10.0. The van der Waals surface area contributed by atoms with Gasteiger partial charge in [0.15, 0.2) is 0 Å². The van der Waals surface area contributed by atoms with Gasteiger partial charge in [-0.15, -0.1) is 0 Å². The van der Waals surface area contributed by atoms with E-state index in [2.05, 4.69) is 0 Å². The highest BCUT2D eigenvalue weighted by molar-refractivity contribution is 7.89. The predicted molar refractivity (Wildman–Crippen MR) is 84.5 cm³/mol. The average molecular weight is 350 g/mol. The van der Waals surface area contributed by atoms with Crippen LogP contribution < -0.4 is 0 Å². The van der Waals surface area contributed by atoms with Gasteiger partial charge in [-0.25, -0.2) is 12.7 Å². The first-order valence-corrected chi connectivity index (χ1v) is 9.40. The first-order chi connectivity index (χ1) is 10.8. The molecule has 0 bridgehead atoms. The van der Waals surface area contributed by atoms with Crippen molar-refractivity contribution in [1.82, 2.24) is 9.21 Å². The maximum absolute atomic E-state index is 12.5. The van der Waals surface area contributed by atoms with Crippen molar-refractivity contribution in [2.75, 3.05) is 32.5 Å². The van der Waals surface area contributed by atoms with Gasteiger partial charge in [-0.2, -0.15) is 0 Å². The second-order valence-corrected chi connectivity index (χ2v) is 7.78. The Hall–Kier alpha value is -1.19. The molecule has 1 aliphatic rings. The van der Waals surface area contributed by atoms with E-state index >= 15 is 0 Å². The molecule has 1 fully saturated rings. The molecule has 1 rings (SSSR count). The van der Waals surface area contributed by atoms with Gasteiger partial charge in [0.25, 0.3) is 5.91 Å². The topological polar surface area (TPSA) is 104 Å². The number of amides is 1. The number of hydrogen-bond acceptors (Lipinski definition) is 5. The van der Waals surface area contributed by atoms with E-state index in [1.165, 1.54) is 16.3 Å². The van der Waals surface area contributed by atoms with Crippen LogP contribution in [-0.2, 0) is 24.3 Å². The normalized spacial score (nSPS) is 18.6. The number of piperidine rings is 1. The van der Waals surface area contributed by atoms with Crippen LogP contribution in [0.15, 0.2) is 0 Å². The number of carboxylic acids is 1. The van der Waals surface area contributed by atoms with Gasteiger partial charge in [-0.05, 0) is 26.2 Å². The Labute approximate surface area is 137 Å². The van der Waals surface area contributed by atoms with Crippen molar-refractivity contribution in [3.63, 3.8) is 0 Å². The first-order valence-electron chi connectivity index (χ1n) is 7.79. The number of carbonyl (C=O) groups is 2. The zero-order chi connectivity index (χ0) is 17.6. The molecule has 0 saturated carbocycles. The van der Waals surface area contributed by atoms with Crippen LogP contribution in [0.5, 0.6) is 0 Å². The Kier molecular flexibility index (Phi) is 7.43. The number of aliphatic carboxylic acids is 1. The van der Waals surface area contributed by atoms with Crippen molar-refractivity contribution < 1.29 is 27.9 Å². The van der Waals surface area contributed by atoms with Gasteiger partial charge < -0.3 is 14.7 Å². The third kappa shape index (κ3) is 5.15. The molecule has 0 radical (unpaired) electrons. The summed E-state index contributed by atoms with van der Waals surface area (Å²) < 4.78 is 30.3. The van der Waals surface area contributed by atoms with Gasteiger partial charge >= 0.3 is 5.97 Å². The summed E-state index contributed by atoms with van der Waals surface area (Å²) in [6.45, 7) is 3.58. The third-order valence-electron chi connectivity index (χ3n) is 4.14. The first kappa shape index (κ1) is 19.9. The van der Waals surface area contributed by atoms with Crippen LogP contribution >= 0.6 is 0 Å². The van der Waals surface area contributed by atoms with Crippen molar-refractivity contribution in [2.45, 2.75) is 45.3 Å². The minimum atomic E-state index is -3.25. The lowest BCUT2D eigenvalue weighted by molar-refractivity contribution is -0.152. The molecular formula is C14H26N2O6S. The maximum Gasteiger partial charge on any atom is 0.323 e. The molecule has 0 aliphatic carbocycles. The fourth-order valence-corrected chi connectivity index (χ4v) is 3.91. The number of ether oxygens (including phenoxy) is 1. The zero-order valence-corrected chi connectivity index (χ0v) is 14.7. The molecule has 134 valence electrons. The molecule has 0 aromatic heterocycles. The van der Waals surface area contributed by atoms with Crippen molar-refractivity contribution in [2.24, 2.45) is 0 Å². The van der Waals surface area contributed by atoms with Crippen LogP contribution in [0.25, 0.3) is 0 Å². The summed E-state index contributed by atoms with van der Waals surface area (Å²) in [5.41, 5.74) is 0. The zero-order valence-electron chi connectivity index (χ0n) is 13.9. The molecule has 8 nitrogen and oxygen atoms in total. The summed E-state index contributed by atoms with van der Waals surface area (Å²) in [7, 11) is -1.83. The van der Waals surface area contributed by atoms with Gasteiger partial charge in [-0.1, -0.05) is 6.92 Å². The summed E-state index contributed by atoms with van der Waals surface area (Å²) in [5.74, 6) is -1.40. The number of rotatable bonds is 8. The molecule has 0 aromatic carbocycles. The molecule has 0 spiro atoms.